The van der Waals surface area contributed by atoms with E-state index in [1.54, 1.807) is 7.11 Å². The van der Waals surface area contributed by atoms with Crippen LogP contribution in [0.2, 0.25) is 0 Å². The molecule has 0 amide bonds. The second kappa shape index (κ2) is 7.49. The number of hydrogen-bond donors (Lipinski definition) is 2. The van der Waals surface area contributed by atoms with Crippen LogP contribution in [0.1, 0.15) is 44.4 Å². The lowest BCUT2D eigenvalue weighted by Gasteiger charge is -2.20. The predicted molar refractivity (Wildman–Crippen MR) is 99.0 cm³/mol. The van der Waals surface area contributed by atoms with Gasteiger partial charge in [-0.05, 0) is 40.8 Å². The van der Waals surface area contributed by atoms with Crippen LogP contribution in [0.25, 0.3) is 0 Å². The van der Waals surface area contributed by atoms with Gasteiger partial charge in [0.05, 0.1) is 18.9 Å². The molecule has 0 bridgehead atoms. The molecule has 0 aliphatic carbocycles. The Morgan fingerprint density at radius 3 is 2.17 bits per heavy atom. The van der Waals surface area contributed by atoms with Gasteiger partial charge in [0, 0.05) is 6.42 Å². The maximum Gasteiger partial charge on any atom is 0.119 e. The van der Waals surface area contributed by atoms with Crippen molar-refractivity contribution in [2.75, 3.05) is 7.11 Å². The minimum Gasteiger partial charge on any atom is -0.497 e. The number of rotatable bonds is 5. The van der Waals surface area contributed by atoms with Crippen LogP contribution >= 0.6 is 0 Å². The molecule has 0 radical (unpaired) electrons. The van der Waals surface area contributed by atoms with E-state index in [0.29, 0.717) is 12.3 Å². The van der Waals surface area contributed by atoms with Crippen LogP contribution in [0.3, 0.4) is 0 Å². The van der Waals surface area contributed by atoms with Crippen LogP contribution in [0.5, 0.6) is 5.75 Å². The van der Waals surface area contributed by atoms with Gasteiger partial charge in [0.25, 0.3) is 0 Å². The minimum absolute atomic E-state index is 0.0956. The average molecular weight is 326 g/mol. The van der Waals surface area contributed by atoms with Crippen molar-refractivity contribution in [2.45, 2.75) is 38.7 Å². The van der Waals surface area contributed by atoms with E-state index in [2.05, 4.69) is 37.9 Å². The number of ether oxygens (including phenoxy) is 1. The number of aliphatic hydroxyl groups excluding tert-OH is 1. The molecule has 3 N–H and O–H groups in total. The Morgan fingerprint density at radius 2 is 1.67 bits per heavy atom. The molecule has 1 atom stereocenters. The molecule has 0 spiro atoms. The number of aliphatic hydroxyl groups is 1. The topological polar surface area (TPSA) is 67.8 Å². The summed E-state index contributed by atoms with van der Waals surface area (Å²) in [6.07, 6.45) is -0.373. The van der Waals surface area contributed by atoms with Crippen molar-refractivity contribution in [2.24, 2.45) is 10.7 Å². The lowest BCUT2D eigenvalue weighted by atomic mass is 9.86. The summed E-state index contributed by atoms with van der Waals surface area (Å²) in [7, 11) is 1.62. The molecule has 0 aliphatic heterocycles. The average Bonchev–Trinajstić information content (AvgIpc) is 2.54. The fourth-order valence-corrected chi connectivity index (χ4v) is 2.39. The molecule has 0 saturated carbocycles. The number of methoxy groups -OCH3 is 1. The quantitative estimate of drug-likeness (QED) is 0.642. The predicted octanol–water partition coefficient (Wildman–Crippen LogP) is 4.11. The second-order valence-corrected chi connectivity index (χ2v) is 6.89. The van der Waals surface area contributed by atoms with Crippen molar-refractivity contribution in [3.8, 4) is 5.75 Å². The number of amidine groups is 1. The van der Waals surface area contributed by atoms with Crippen molar-refractivity contribution >= 4 is 11.5 Å². The fourth-order valence-electron chi connectivity index (χ4n) is 2.39. The number of aliphatic imine (C=N–C) groups is 1. The summed E-state index contributed by atoms with van der Waals surface area (Å²) in [6, 6.07) is 15.3. The van der Waals surface area contributed by atoms with Crippen molar-refractivity contribution in [3.63, 3.8) is 0 Å². The van der Waals surface area contributed by atoms with Crippen LogP contribution < -0.4 is 10.5 Å². The van der Waals surface area contributed by atoms with Crippen LogP contribution in [-0.4, -0.2) is 18.1 Å². The number of benzene rings is 2. The highest BCUT2D eigenvalue weighted by molar-refractivity contribution is 5.83. The smallest absolute Gasteiger partial charge is 0.119 e. The number of nitrogens with zero attached hydrogens (tertiary/aromatic N) is 1. The summed E-state index contributed by atoms with van der Waals surface area (Å²) in [5.74, 6) is 1.17. The Kier molecular flexibility index (Phi) is 5.62. The van der Waals surface area contributed by atoms with Crippen molar-refractivity contribution in [1.29, 1.82) is 0 Å². The molecule has 0 saturated heterocycles. The van der Waals surface area contributed by atoms with E-state index >= 15 is 0 Å². The fraction of sp³-hybridized carbons (Fsp3) is 0.350. The molecule has 0 aromatic heterocycles. The van der Waals surface area contributed by atoms with E-state index < -0.39 is 6.10 Å². The molecule has 4 heteroatoms. The molecule has 24 heavy (non-hydrogen) atoms. The molecule has 0 fully saturated rings. The van der Waals surface area contributed by atoms with E-state index in [-0.39, 0.29) is 5.41 Å². The SMILES string of the molecule is COc1ccc(N=C(N)CC(O)c2ccc(C(C)(C)C)cc2)cc1. The van der Waals surface area contributed by atoms with Gasteiger partial charge in [0.15, 0.2) is 0 Å². The van der Waals surface area contributed by atoms with Gasteiger partial charge in [-0.25, -0.2) is 4.99 Å². The van der Waals surface area contributed by atoms with Crippen LogP contribution in [0.15, 0.2) is 53.5 Å². The van der Waals surface area contributed by atoms with Gasteiger partial charge < -0.3 is 15.6 Å². The summed E-state index contributed by atoms with van der Waals surface area (Å²) in [4.78, 5) is 4.34. The number of hydrogen-bond acceptors (Lipinski definition) is 3. The third-order valence-electron chi connectivity index (χ3n) is 3.91. The van der Waals surface area contributed by atoms with E-state index in [4.69, 9.17) is 10.5 Å². The maximum atomic E-state index is 10.4. The van der Waals surface area contributed by atoms with Crippen molar-refractivity contribution in [1.82, 2.24) is 0 Å². The standard InChI is InChI=1S/C20H26N2O2/c1-20(2,3)15-7-5-14(6-8-15)18(23)13-19(21)22-16-9-11-17(24-4)12-10-16/h5-12,18,23H,13H2,1-4H3,(H2,21,22). The first kappa shape index (κ1) is 18.0. The lowest BCUT2D eigenvalue weighted by Crippen LogP contribution is -2.16. The normalized spacial score (nSPS) is 13.6. The Bertz CT molecular complexity index is 683. The zero-order valence-corrected chi connectivity index (χ0v) is 14.8. The zero-order valence-electron chi connectivity index (χ0n) is 14.8. The summed E-state index contributed by atoms with van der Waals surface area (Å²) in [5.41, 5.74) is 8.89. The van der Waals surface area contributed by atoms with Gasteiger partial charge in [-0.3, -0.25) is 0 Å². The molecule has 0 aliphatic rings. The Labute approximate surface area is 144 Å². The lowest BCUT2D eigenvalue weighted by molar-refractivity contribution is 0.186. The van der Waals surface area contributed by atoms with Gasteiger partial charge in [-0.2, -0.15) is 0 Å². The molecule has 0 heterocycles. The van der Waals surface area contributed by atoms with Crippen molar-refractivity contribution < 1.29 is 9.84 Å². The first-order valence-electron chi connectivity index (χ1n) is 8.05. The Balaban J connectivity index is 2.04. The molecule has 2 rings (SSSR count). The monoisotopic (exact) mass is 326 g/mol. The van der Waals surface area contributed by atoms with Crippen LogP contribution in [0, 0.1) is 0 Å². The molecule has 128 valence electrons. The Morgan fingerprint density at radius 1 is 1.08 bits per heavy atom. The number of nitrogens with two attached hydrogens (primary N) is 1. The summed E-state index contributed by atoms with van der Waals surface area (Å²) >= 11 is 0. The van der Waals surface area contributed by atoms with Crippen LogP contribution in [0.4, 0.5) is 5.69 Å². The van der Waals surface area contributed by atoms with Gasteiger partial charge in [0.2, 0.25) is 0 Å². The van der Waals surface area contributed by atoms with Crippen molar-refractivity contribution in [3.05, 3.63) is 59.7 Å². The molecular weight excluding hydrogens is 300 g/mol. The van der Waals surface area contributed by atoms with Gasteiger partial charge in [-0.1, -0.05) is 45.0 Å². The largest absolute Gasteiger partial charge is 0.497 e. The molecule has 4 nitrogen and oxygen atoms in total. The zero-order chi connectivity index (χ0) is 17.7. The first-order valence-corrected chi connectivity index (χ1v) is 8.05. The minimum atomic E-state index is -0.666. The van der Waals surface area contributed by atoms with E-state index in [0.717, 1.165) is 17.0 Å². The highest BCUT2D eigenvalue weighted by Crippen LogP contribution is 2.25. The van der Waals surface area contributed by atoms with E-state index in [9.17, 15) is 5.11 Å². The highest BCUT2D eigenvalue weighted by Gasteiger charge is 2.15. The third kappa shape index (κ3) is 4.83. The molecule has 2 aromatic rings. The second-order valence-electron chi connectivity index (χ2n) is 6.89. The molecule has 2 aromatic carbocycles. The summed E-state index contributed by atoms with van der Waals surface area (Å²) < 4.78 is 5.11. The third-order valence-corrected chi connectivity index (χ3v) is 3.91. The summed E-state index contributed by atoms with van der Waals surface area (Å²) in [6.45, 7) is 6.49. The van der Waals surface area contributed by atoms with Crippen LogP contribution in [-0.2, 0) is 5.41 Å². The van der Waals surface area contributed by atoms with E-state index in [1.807, 2.05) is 36.4 Å². The maximum absolute atomic E-state index is 10.4. The van der Waals surface area contributed by atoms with Gasteiger partial charge in [0.1, 0.15) is 11.6 Å². The van der Waals surface area contributed by atoms with Gasteiger partial charge in [-0.15, -0.1) is 0 Å². The first-order chi connectivity index (χ1) is 11.3. The highest BCUT2D eigenvalue weighted by atomic mass is 16.5. The summed E-state index contributed by atoms with van der Waals surface area (Å²) in [5, 5.41) is 10.4. The molecular formula is C20H26N2O2. The molecule has 1 unspecified atom stereocenters. The Hall–Kier alpha value is -2.33. The van der Waals surface area contributed by atoms with E-state index in [1.165, 1.54) is 5.56 Å². The van der Waals surface area contributed by atoms with Gasteiger partial charge >= 0.3 is 0 Å².